The normalized spacial score (nSPS) is 10.1. The zero-order chi connectivity index (χ0) is 11.4. The summed E-state index contributed by atoms with van der Waals surface area (Å²) in [5.41, 5.74) is 8.58. The predicted octanol–water partition coefficient (Wildman–Crippen LogP) is 2.22. The van der Waals surface area contributed by atoms with Gasteiger partial charge in [0.1, 0.15) is 5.75 Å². The van der Waals surface area contributed by atoms with Gasteiger partial charge in [-0.25, -0.2) is 0 Å². The van der Waals surface area contributed by atoms with Crippen LogP contribution < -0.4 is 10.5 Å². The fourth-order valence-electron chi connectivity index (χ4n) is 1.48. The van der Waals surface area contributed by atoms with Gasteiger partial charge < -0.3 is 10.5 Å². The third kappa shape index (κ3) is 2.20. The van der Waals surface area contributed by atoms with E-state index in [2.05, 4.69) is 4.98 Å². The van der Waals surface area contributed by atoms with Crippen molar-refractivity contribution < 1.29 is 4.74 Å². The lowest BCUT2D eigenvalue weighted by molar-refractivity contribution is 0.415. The number of methoxy groups -OCH3 is 1. The van der Waals surface area contributed by atoms with E-state index in [-0.39, 0.29) is 0 Å². The molecule has 0 atom stereocenters. The van der Waals surface area contributed by atoms with Crippen LogP contribution in [0.3, 0.4) is 0 Å². The molecule has 3 heteroatoms. The number of rotatable bonds is 3. The Morgan fingerprint density at radius 1 is 1.12 bits per heavy atom. The number of hydrogen-bond acceptors (Lipinski definition) is 3. The van der Waals surface area contributed by atoms with Crippen molar-refractivity contribution in [1.29, 1.82) is 0 Å². The Labute approximate surface area is 94.9 Å². The molecule has 3 nitrogen and oxygen atoms in total. The second-order valence-electron chi connectivity index (χ2n) is 3.48. The Hall–Kier alpha value is -1.87. The van der Waals surface area contributed by atoms with Crippen molar-refractivity contribution in [2.45, 2.75) is 6.54 Å². The number of nitrogens with zero attached hydrogens (tertiary/aromatic N) is 1. The van der Waals surface area contributed by atoms with E-state index in [9.17, 15) is 0 Å². The summed E-state index contributed by atoms with van der Waals surface area (Å²) in [5, 5.41) is 0. The molecule has 2 rings (SSSR count). The zero-order valence-electron chi connectivity index (χ0n) is 9.18. The molecule has 0 amide bonds. The highest BCUT2D eigenvalue weighted by atomic mass is 16.5. The molecule has 0 saturated carbocycles. The highest BCUT2D eigenvalue weighted by Crippen LogP contribution is 2.20. The first-order chi connectivity index (χ1) is 7.83. The summed E-state index contributed by atoms with van der Waals surface area (Å²) in [4.78, 5) is 4.35. The van der Waals surface area contributed by atoms with Gasteiger partial charge in [-0.3, -0.25) is 4.98 Å². The van der Waals surface area contributed by atoms with Crippen LogP contribution in [0.2, 0.25) is 0 Å². The van der Waals surface area contributed by atoms with E-state index in [1.807, 2.05) is 36.4 Å². The summed E-state index contributed by atoms with van der Waals surface area (Å²) >= 11 is 0. The molecule has 0 aliphatic rings. The molecule has 0 bridgehead atoms. The summed E-state index contributed by atoms with van der Waals surface area (Å²) in [7, 11) is 1.66. The Balaban J connectivity index is 2.28. The van der Waals surface area contributed by atoms with Gasteiger partial charge in [-0.15, -0.1) is 0 Å². The Morgan fingerprint density at radius 2 is 1.88 bits per heavy atom. The highest BCUT2D eigenvalue weighted by molar-refractivity contribution is 5.60. The van der Waals surface area contributed by atoms with Crippen molar-refractivity contribution in [3.8, 4) is 17.0 Å². The second-order valence-corrected chi connectivity index (χ2v) is 3.48. The summed E-state index contributed by atoms with van der Waals surface area (Å²) in [6.07, 6.45) is 1.81. The lowest BCUT2D eigenvalue weighted by atomic mass is 10.1. The Morgan fingerprint density at radius 3 is 2.38 bits per heavy atom. The average Bonchev–Trinajstić information content (AvgIpc) is 2.39. The zero-order valence-corrected chi connectivity index (χ0v) is 9.18. The summed E-state index contributed by atoms with van der Waals surface area (Å²) < 4.78 is 5.10. The Bertz CT molecular complexity index is 403. The maximum absolute atomic E-state index is 5.52. The Kier molecular flexibility index (Phi) is 3.17. The largest absolute Gasteiger partial charge is 0.497 e. The standard InChI is InChI=1S/C13H14N2O/c1-16-12-5-3-11(4-6-12)13-7-2-10(8-14)9-15-13/h2-7,9H,8,14H2,1H3. The van der Waals surface area contributed by atoms with Gasteiger partial charge in [-0.05, 0) is 35.9 Å². The fourth-order valence-corrected chi connectivity index (χ4v) is 1.48. The topological polar surface area (TPSA) is 48.1 Å². The number of aromatic nitrogens is 1. The number of ether oxygens (including phenoxy) is 1. The molecule has 82 valence electrons. The number of nitrogens with two attached hydrogens (primary N) is 1. The van der Waals surface area contributed by atoms with Crippen LogP contribution >= 0.6 is 0 Å². The molecule has 1 heterocycles. The first kappa shape index (κ1) is 10.6. The number of pyridine rings is 1. The van der Waals surface area contributed by atoms with Crippen LogP contribution in [-0.4, -0.2) is 12.1 Å². The van der Waals surface area contributed by atoms with Crippen LogP contribution in [0.5, 0.6) is 5.75 Å². The minimum absolute atomic E-state index is 0.524. The van der Waals surface area contributed by atoms with E-state index in [0.29, 0.717) is 6.54 Å². The molecule has 0 aliphatic carbocycles. The molecular weight excluding hydrogens is 200 g/mol. The average molecular weight is 214 g/mol. The van der Waals surface area contributed by atoms with Gasteiger partial charge in [-0.2, -0.15) is 0 Å². The smallest absolute Gasteiger partial charge is 0.118 e. The van der Waals surface area contributed by atoms with Crippen LogP contribution in [0.15, 0.2) is 42.6 Å². The summed E-state index contributed by atoms with van der Waals surface area (Å²) in [5.74, 6) is 0.849. The second kappa shape index (κ2) is 4.77. The van der Waals surface area contributed by atoms with Gasteiger partial charge in [0.05, 0.1) is 12.8 Å². The molecule has 2 aromatic rings. The van der Waals surface area contributed by atoms with Crippen molar-refractivity contribution in [1.82, 2.24) is 4.98 Å². The van der Waals surface area contributed by atoms with Crippen molar-refractivity contribution in [3.05, 3.63) is 48.2 Å². The van der Waals surface area contributed by atoms with Crippen LogP contribution in [-0.2, 0) is 6.54 Å². The molecule has 16 heavy (non-hydrogen) atoms. The van der Waals surface area contributed by atoms with E-state index in [4.69, 9.17) is 10.5 Å². The third-order valence-corrected chi connectivity index (χ3v) is 2.45. The van der Waals surface area contributed by atoms with Crippen LogP contribution in [0.4, 0.5) is 0 Å². The minimum Gasteiger partial charge on any atom is -0.497 e. The summed E-state index contributed by atoms with van der Waals surface area (Å²) in [6.45, 7) is 0.524. The van der Waals surface area contributed by atoms with E-state index in [0.717, 1.165) is 22.6 Å². The lowest BCUT2D eigenvalue weighted by Crippen LogP contribution is -1.96. The maximum Gasteiger partial charge on any atom is 0.118 e. The SMILES string of the molecule is COc1ccc(-c2ccc(CN)cn2)cc1. The van der Waals surface area contributed by atoms with Crippen molar-refractivity contribution in [2.75, 3.05) is 7.11 Å². The molecule has 1 aromatic carbocycles. The van der Waals surface area contributed by atoms with Crippen LogP contribution in [0.1, 0.15) is 5.56 Å². The number of hydrogen-bond donors (Lipinski definition) is 1. The first-order valence-corrected chi connectivity index (χ1v) is 5.13. The van der Waals surface area contributed by atoms with Crippen LogP contribution in [0.25, 0.3) is 11.3 Å². The maximum atomic E-state index is 5.52. The van der Waals surface area contributed by atoms with Crippen molar-refractivity contribution in [2.24, 2.45) is 5.73 Å². The van der Waals surface area contributed by atoms with E-state index >= 15 is 0 Å². The van der Waals surface area contributed by atoms with Gasteiger partial charge >= 0.3 is 0 Å². The van der Waals surface area contributed by atoms with Gasteiger partial charge in [0, 0.05) is 18.3 Å². The highest BCUT2D eigenvalue weighted by Gasteiger charge is 1.99. The first-order valence-electron chi connectivity index (χ1n) is 5.13. The van der Waals surface area contributed by atoms with E-state index in [1.165, 1.54) is 0 Å². The minimum atomic E-state index is 0.524. The molecule has 1 aromatic heterocycles. The van der Waals surface area contributed by atoms with E-state index < -0.39 is 0 Å². The summed E-state index contributed by atoms with van der Waals surface area (Å²) in [6, 6.07) is 11.8. The molecular formula is C13H14N2O. The monoisotopic (exact) mass is 214 g/mol. The molecule has 0 spiro atoms. The predicted molar refractivity (Wildman–Crippen MR) is 64.1 cm³/mol. The lowest BCUT2D eigenvalue weighted by Gasteiger charge is -2.03. The van der Waals surface area contributed by atoms with Gasteiger partial charge in [0.15, 0.2) is 0 Å². The van der Waals surface area contributed by atoms with Crippen molar-refractivity contribution in [3.63, 3.8) is 0 Å². The van der Waals surface area contributed by atoms with Crippen LogP contribution in [0, 0.1) is 0 Å². The quantitative estimate of drug-likeness (QED) is 0.852. The molecule has 0 saturated heterocycles. The molecule has 0 aliphatic heterocycles. The fraction of sp³-hybridized carbons (Fsp3) is 0.154. The molecule has 2 N–H and O–H groups in total. The molecule has 0 radical (unpaired) electrons. The van der Waals surface area contributed by atoms with Crippen molar-refractivity contribution >= 4 is 0 Å². The third-order valence-electron chi connectivity index (χ3n) is 2.45. The van der Waals surface area contributed by atoms with E-state index in [1.54, 1.807) is 13.3 Å². The van der Waals surface area contributed by atoms with Gasteiger partial charge in [0.2, 0.25) is 0 Å². The van der Waals surface area contributed by atoms with Gasteiger partial charge in [0.25, 0.3) is 0 Å². The van der Waals surface area contributed by atoms with Gasteiger partial charge in [-0.1, -0.05) is 6.07 Å². The molecule has 0 unspecified atom stereocenters. The molecule has 0 fully saturated rings. The number of benzene rings is 1.